The molecule has 0 unspecified atom stereocenters. The Balaban J connectivity index is 1.37. The first-order valence-electron chi connectivity index (χ1n) is 9.06. The van der Waals surface area contributed by atoms with Crippen molar-refractivity contribution in [3.63, 3.8) is 0 Å². The summed E-state index contributed by atoms with van der Waals surface area (Å²) < 4.78 is 30.2. The van der Waals surface area contributed by atoms with Crippen molar-refractivity contribution in [1.82, 2.24) is 9.71 Å². The molecule has 2 aromatic carbocycles. The molecule has 5 rings (SSSR count). The standard InChI is InChI=1S/C21H18N2O2S3/c1-13-19(14-7-3-2-4-8-14)20(13)23-28(24,25)18-12-11-17(26-18)21-22-15-9-5-6-10-16(15)27-21/h2-13,19-20,23H,1H3/t13-,19-,20+/m1/s1. The summed E-state index contributed by atoms with van der Waals surface area (Å²) in [4.78, 5) is 5.51. The summed E-state index contributed by atoms with van der Waals surface area (Å²) in [5, 5.41) is 0.856. The number of benzene rings is 2. The summed E-state index contributed by atoms with van der Waals surface area (Å²) in [6.07, 6.45) is 0. The van der Waals surface area contributed by atoms with Gasteiger partial charge in [-0.05, 0) is 35.7 Å². The Morgan fingerprint density at radius 2 is 1.68 bits per heavy atom. The number of nitrogens with zero attached hydrogens (tertiary/aromatic N) is 1. The van der Waals surface area contributed by atoms with Crippen LogP contribution in [0.5, 0.6) is 0 Å². The van der Waals surface area contributed by atoms with Gasteiger partial charge < -0.3 is 0 Å². The molecule has 28 heavy (non-hydrogen) atoms. The van der Waals surface area contributed by atoms with Gasteiger partial charge in [0.1, 0.15) is 9.22 Å². The Kier molecular flexibility index (Phi) is 4.35. The zero-order valence-electron chi connectivity index (χ0n) is 15.1. The predicted molar refractivity (Wildman–Crippen MR) is 115 cm³/mol. The number of fused-ring (bicyclic) bond motifs is 1. The number of nitrogens with one attached hydrogen (secondary N) is 1. The molecule has 142 valence electrons. The molecule has 1 N–H and O–H groups in total. The average Bonchev–Trinajstić information content (AvgIpc) is 3.12. The lowest BCUT2D eigenvalue weighted by Gasteiger charge is -2.04. The van der Waals surface area contributed by atoms with Crippen molar-refractivity contribution in [2.75, 3.05) is 0 Å². The molecule has 1 saturated carbocycles. The fourth-order valence-corrected chi connectivity index (χ4v) is 7.32. The van der Waals surface area contributed by atoms with Crippen LogP contribution in [0.1, 0.15) is 18.4 Å². The van der Waals surface area contributed by atoms with Crippen LogP contribution in [0.15, 0.2) is 70.9 Å². The van der Waals surface area contributed by atoms with Crippen LogP contribution in [0, 0.1) is 5.92 Å². The van der Waals surface area contributed by atoms with E-state index in [0.717, 1.165) is 20.1 Å². The van der Waals surface area contributed by atoms with Crippen LogP contribution >= 0.6 is 22.7 Å². The molecule has 2 heterocycles. The van der Waals surface area contributed by atoms with Gasteiger partial charge in [0.15, 0.2) is 0 Å². The Morgan fingerprint density at radius 1 is 0.929 bits per heavy atom. The van der Waals surface area contributed by atoms with E-state index >= 15 is 0 Å². The molecule has 0 amide bonds. The maximum absolute atomic E-state index is 12.9. The van der Waals surface area contributed by atoms with E-state index in [1.54, 1.807) is 17.4 Å². The number of thiophene rings is 1. The van der Waals surface area contributed by atoms with Crippen LogP contribution in [0.4, 0.5) is 0 Å². The van der Waals surface area contributed by atoms with Gasteiger partial charge in [-0.1, -0.05) is 49.4 Å². The van der Waals surface area contributed by atoms with Crippen LogP contribution in [0.3, 0.4) is 0 Å². The molecular weight excluding hydrogens is 408 g/mol. The molecule has 0 saturated heterocycles. The van der Waals surface area contributed by atoms with Gasteiger partial charge in [0.25, 0.3) is 0 Å². The van der Waals surface area contributed by atoms with Crippen molar-refractivity contribution < 1.29 is 8.42 Å². The maximum Gasteiger partial charge on any atom is 0.250 e. The van der Waals surface area contributed by atoms with Crippen LogP contribution in [-0.4, -0.2) is 19.4 Å². The normalized spacial score (nSPS) is 21.8. The molecule has 0 radical (unpaired) electrons. The van der Waals surface area contributed by atoms with Gasteiger partial charge in [0, 0.05) is 12.0 Å². The zero-order chi connectivity index (χ0) is 19.3. The van der Waals surface area contributed by atoms with Crippen molar-refractivity contribution in [1.29, 1.82) is 0 Å². The maximum atomic E-state index is 12.9. The summed E-state index contributed by atoms with van der Waals surface area (Å²) in [7, 11) is -3.54. The third kappa shape index (κ3) is 3.18. The van der Waals surface area contributed by atoms with Gasteiger partial charge >= 0.3 is 0 Å². The number of sulfonamides is 1. The van der Waals surface area contributed by atoms with Crippen LogP contribution in [0.25, 0.3) is 20.1 Å². The zero-order valence-corrected chi connectivity index (χ0v) is 17.5. The largest absolute Gasteiger partial charge is 0.250 e. The highest BCUT2D eigenvalue weighted by molar-refractivity contribution is 7.91. The van der Waals surface area contributed by atoms with E-state index in [1.165, 1.54) is 16.9 Å². The van der Waals surface area contributed by atoms with Gasteiger partial charge in [-0.15, -0.1) is 22.7 Å². The van der Waals surface area contributed by atoms with E-state index < -0.39 is 10.0 Å². The van der Waals surface area contributed by atoms with Gasteiger partial charge in [0.05, 0.1) is 15.1 Å². The van der Waals surface area contributed by atoms with E-state index in [1.807, 2.05) is 48.5 Å². The van der Waals surface area contributed by atoms with Gasteiger partial charge in [0.2, 0.25) is 10.0 Å². The highest BCUT2D eigenvalue weighted by Crippen LogP contribution is 2.48. The molecule has 2 aromatic heterocycles. The highest BCUT2D eigenvalue weighted by Gasteiger charge is 2.49. The second-order valence-electron chi connectivity index (χ2n) is 7.05. The molecule has 1 fully saturated rings. The highest BCUT2D eigenvalue weighted by atomic mass is 32.2. The molecule has 0 spiro atoms. The minimum atomic E-state index is -3.54. The SMILES string of the molecule is C[C@H]1[C@H](NS(=O)(=O)c2ccc(-c3nc4ccccc4s3)s2)[C@H]1c1ccccc1. The number of thiazole rings is 1. The van der Waals surface area contributed by atoms with Gasteiger partial charge in [-0.25, -0.2) is 18.1 Å². The molecule has 4 nitrogen and oxygen atoms in total. The quantitative estimate of drug-likeness (QED) is 0.483. The first kappa shape index (κ1) is 18.0. The first-order chi connectivity index (χ1) is 13.5. The van der Waals surface area contributed by atoms with Crippen molar-refractivity contribution in [3.05, 3.63) is 72.3 Å². The van der Waals surface area contributed by atoms with E-state index in [-0.39, 0.29) is 12.0 Å². The van der Waals surface area contributed by atoms with Crippen molar-refractivity contribution in [2.45, 2.75) is 23.1 Å². The predicted octanol–water partition coefficient (Wildman–Crippen LogP) is 5.11. The number of aromatic nitrogens is 1. The fourth-order valence-electron chi connectivity index (χ4n) is 3.62. The molecule has 4 aromatic rings. The molecule has 0 aliphatic heterocycles. The molecule has 1 aliphatic carbocycles. The number of hydrogen-bond acceptors (Lipinski definition) is 5. The van der Waals surface area contributed by atoms with Crippen molar-refractivity contribution in [3.8, 4) is 9.88 Å². The minimum Gasteiger partial charge on any atom is -0.235 e. The van der Waals surface area contributed by atoms with Crippen molar-refractivity contribution in [2.24, 2.45) is 5.92 Å². The second-order valence-corrected chi connectivity index (χ2v) is 11.1. The summed E-state index contributed by atoms with van der Waals surface area (Å²) in [5.74, 6) is 0.528. The monoisotopic (exact) mass is 426 g/mol. The lowest BCUT2D eigenvalue weighted by atomic mass is 10.1. The van der Waals surface area contributed by atoms with Gasteiger partial charge in [-0.3, -0.25) is 0 Å². The van der Waals surface area contributed by atoms with Gasteiger partial charge in [-0.2, -0.15) is 0 Å². The van der Waals surface area contributed by atoms with E-state index in [0.29, 0.717) is 10.1 Å². The minimum absolute atomic E-state index is 0.0552. The summed E-state index contributed by atoms with van der Waals surface area (Å²) in [6.45, 7) is 2.09. The topological polar surface area (TPSA) is 59.1 Å². The summed E-state index contributed by atoms with van der Waals surface area (Å²) in [5.41, 5.74) is 2.12. The van der Waals surface area contributed by atoms with Crippen LogP contribution < -0.4 is 4.72 Å². The third-order valence-electron chi connectivity index (χ3n) is 5.21. The van der Waals surface area contributed by atoms with Crippen molar-refractivity contribution >= 4 is 42.9 Å². The fraction of sp³-hybridized carbons (Fsp3) is 0.190. The van der Waals surface area contributed by atoms with E-state index in [9.17, 15) is 8.42 Å². The second kappa shape index (κ2) is 6.77. The summed E-state index contributed by atoms with van der Waals surface area (Å²) in [6, 6.07) is 21.5. The van der Waals surface area contributed by atoms with E-state index in [2.05, 4.69) is 28.8 Å². The number of rotatable bonds is 5. The van der Waals surface area contributed by atoms with Crippen LogP contribution in [0.2, 0.25) is 0 Å². The molecule has 7 heteroatoms. The Labute approximate surface area is 171 Å². The van der Waals surface area contributed by atoms with E-state index in [4.69, 9.17) is 0 Å². The number of hydrogen-bond donors (Lipinski definition) is 1. The van der Waals surface area contributed by atoms with Crippen LogP contribution in [-0.2, 0) is 10.0 Å². The Morgan fingerprint density at radius 3 is 2.46 bits per heavy atom. The smallest absolute Gasteiger partial charge is 0.235 e. The molecule has 1 aliphatic rings. The lowest BCUT2D eigenvalue weighted by molar-refractivity contribution is 0.580. The molecule has 0 bridgehead atoms. The molecular formula is C21H18N2O2S3. The summed E-state index contributed by atoms with van der Waals surface area (Å²) >= 11 is 2.86. The Bertz CT molecular complexity index is 1210. The third-order valence-corrected chi connectivity index (χ3v) is 9.45. The molecule has 3 atom stereocenters. The average molecular weight is 427 g/mol. The Hall–Kier alpha value is -2.06. The lowest BCUT2D eigenvalue weighted by Crippen LogP contribution is -2.27. The first-order valence-corrected chi connectivity index (χ1v) is 12.2. The number of para-hydroxylation sites is 1.